The van der Waals surface area contributed by atoms with E-state index in [9.17, 15) is 22.8 Å². The predicted molar refractivity (Wildman–Crippen MR) is 133 cm³/mol. The van der Waals surface area contributed by atoms with Crippen LogP contribution in [0.2, 0.25) is 0 Å². The average molecular weight is 518 g/mol. The van der Waals surface area contributed by atoms with E-state index in [0.29, 0.717) is 24.5 Å². The van der Waals surface area contributed by atoms with Gasteiger partial charge in [0.05, 0.1) is 28.9 Å². The number of hydrogen-bond donors (Lipinski definition) is 1. The summed E-state index contributed by atoms with van der Waals surface area (Å²) in [4.78, 5) is 40.5. The van der Waals surface area contributed by atoms with Gasteiger partial charge in [-0.15, -0.1) is 11.8 Å². The van der Waals surface area contributed by atoms with Crippen molar-refractivity contribution in [1.29, 1.82) is 0 Å². The van der Waals surface area contributed by atoms with Crippen LogP contribution in [0.25, 0.3) is 0 Å². The number of carbonyl (C=O) groups is 3. The molecule has 2 amide bonds. The Morgan fingerprint density at radius 3 is 2.57 bits per heavy atom. The van der Waals surface area contributed by atoms with Crippen molar-refractivity contribution in [3.05, 3.63) is 48.0 Å². The van der Waals surface area contributed by atoms with Crippen LogP contribution in [0, 0.1) is 5.92 Å². The van der Waals surface area contributed by atoms with E-state index in [1.165, 1.54) is 40.2 Å². The quantitative estimate of drug-likeness (QED) is 0.586. The molecule has 0 unspecified atom stereocenters. The van der Waals surface area contributed by atoms with Gasteiger partial charge in [0.25, 0.3) is 0 Å². The van der Waals surface area contributed by atoms with Crippen LogP contribution in [-0.2, 0) is 24.3 Å². The maximum atomic E-state index is 13.2. The predicted octanol–water partition coefficient (Wildman–Crippen LogP) is 2.97. The maximum Gasteiger partial charge on any atom is 0.339 e. The molecule has 2 heterocycles. The highest BCUT2D eigenvalue weighted by Gasteiger charge is 2.33. The number of nitrogens with one attached hydrogen (secondary N) is 1. The minimum atomic E-state index is -3.70. The number of thioether (sulfide) groups is 1. The van der Waals surface area contributed by atoms with E-state index < -0.39 is 21.9 Å². The van der Waals surface area contributed by atoms with E-state index in [-0.39, 0.29) is 34.5 Å². The molecule has 0 aliphatic carbocycles. The molecule has 0 radical (unpaired) electrons. The Kier molecular flexibility index (Phi) is 7.48. The van der Waals surface area contributed by atoms with Gasteiger partial charge in [0.2, 0.25) is 21.8 Å². The zero-order valence-electron chi connectivity index (χ0n) is 19.5. The highest BCUT2D eigenvalue weighted by Crippen LogP contribution is 2.38. The molecule has 1 N–H and O–H groups in total. The fourth-order valence-corrected chi connectivity index (χ4v) is 6.71. The third-order valence-corrected chi connectivity index (χ3v) is 9.23. The number of carbonyl (C=O) groups excluding carboxylic acids is 3. The molecule has 4 rings (SSSR count). The van der Waals surface area contributed by atoms with Gasteiger partial charge in [-0.2, -0.15) is 4.31 Å². The number of sulfonamides is 1. The number of rotatable bonds is 6. The summed E-state index contributed by atoms with van der Waals surface area (Å²) in [5.41, 5.74) is 0.842. The van der Waals surface area contributed by atoms with E-state index in [2.05, 4.69) is 5.32 Å². The SMILES string of the molecule is COC(=O)c1ccccc1NC(=O)CN1C(=O)[C@H](C)CSc2ccc(S(=O)(=O)N3CCCC3)cc21. The van der Waals surface area contributed by atoms with Crippen LogP contribution < -0.4 is 10.2 Å². The number of methoxy groups -OCH3 is 1. The average Bonchev–Trinajstić information content (AvgIpc) is 3.38. The van der Waals surface area contributed by atoms with Crippen molar-refractivity contribution in [3.63, 3.8) is 0 Å². The van der Waals surface area contributed by atoms with Crippen molar-refractivity contribution in [2.75, 3.05) is 42.7 Å². The molecule has 11 heteroatoms. The molecular weight excluding hydrogens is 490 g/mol. The van der Waals surface area contributed by atoms with Gasteiger partial charge in [-0.3, -0.25) is 9.59 Å². The molecular formula is C24H27N3O6S2. The van der Waals surface area contributed by atoms with Gasteiger partial charge in [0.1, 0.15) is 6.54 Å². The van der Waals surface area contributed by atoms with Crippen molar-refractivity contribution >= 4 is 50.9 Å². The number of esters is 1. The number of benzene rings is 2. The molecule has 0 spiro atoms. The van der Waals surface area contributed by atoms with E-state index in [0.717, 1.165) is 17.7 Å². The van der Waals surface area contributed by atoms with Crippen LogP contribution in [0.15, 0.2) is 52.3 Å². The number of fused-ring (bicyclic) bond motifs is 1. The Morgan fingerprint density at radius 1 is 1.14 bits per heavy atom. The van der Waals surface area contributed by atoms with E-state index >= 15 is 0 Å². The van der Waals surface area contributed by atoms with Crippen LogP contribution >= 0.6 is 11.8 Å². The van der Waals surface area contributed by atoms with Gasteiger partial charge in [-0.25, -0.2) is 13.2 Å². The van der Waals surface area contributed by atoms with E-state index in [1.54, 1.807) is 37.3 Å². The second-order valence-electron chi connectivity index (χ2n) is 8.46. The van der Waals surface area contributed by atoms with Crippen LogP contribution in [0.3, 0.4) is 0 Å². The number of para-hydroxylation sites is 1. The summed E-state index contributed by atoms with van der Waals surface area (Å²) in [5.74, 6) is -1.26. The molecule has 9 nitrogen and oxygen atoms in total. The molecule has 2 aliphatic heterocycles. The van der Waals surface area contributed by atoms with Gasteiger partial charge < -0.3 is 15.0 Å². The van der Waals surface area contributed by atoms with Crippen molar-refractivity contribution in [2.24, 2.45) is 5.92 Å². The summed E-state index contributed by atoms with van der Waals surface area (Å²) < 4.78 is 32.5. The number of amides is 2. The standard InChI is InChI=1S/C24H27N3O6S2/c1-16-15-34-21-10-9-17(35(31,32)26-11-5-6-12-26)13-20(21)27(23(16)29)14-22(28)25-19-8-4-3-7-18(19)24(30)33-2/h3-4,7-10,13,16H,5-6,11-12,14-15H2,1-2H3,(H,25,28)/t16-/m1/s1. The highest BCUT2D eigenvalue weighted by molar-refractivity contribution is 7.99. The van der Waals surface area contributed by atoms with Gasteiger partial charge in [-0.05, 0) is 43.2 Å². The Labute approximate surface area is 208 Å². The number of ether oxygens (including phenoxy) is 1. The smallest absolute Gasteiger partial charge is 0.339 e. The maximum absolute atomic E-state index is 13.2. The lowest BCUT2D eigenvalue weighted by Crippen LogP contribution is -2.41. The first-order valence-corrected chi connectivity index (χ1v) is 13.7. The Bertz CT molecular complexity index is 1260. The number of hydrogen-bond acceptors (Lipinski definition) is 7. The minimum Gasteiger partial charge on any atom is -0.465 e. The molecule has 2 aromatic rings. The molecule has 1 saturated heterocycles. The summed E-state index contributed by atoms with van der Waals surface area (Å²) in [6, 6.07) is 11.2. The fraction of sp³-hybridized carbons (Fsp3) is 0.375. The third kappa shape index (κ3) is 5.21. The van der Waals surface area contributed by atoms with E-state index in [4.69, 9.17) is 4.74 Å². The lowest BCUT2D eigenvalue weighted by molar-refractivity contribution is -0.123. The monoisotopic (exact) mass is 517 g/mol. The van der Waals surface area contributed by atoms with Gasteiger partial charge in [0, 0.05) is 29.7 Å². The largest absolute Gasteiger partial charge is 0.465 e. The van der Waals surface area contributed by atoms with Gasteiger partial charge in [-0.1, -0.05) is 19.1 Å². The highest BCUT2D eigenvalue weighted by atomic mass is 32.2. The van der Waals surface area contributed by atoms with Crippen molar-refractivity contribution in [2.45, 2.75) is 29.6 Å². The summed E-state index contributed by atoms with van der Waals surface area (Å²) in [6.07, 6.45) is 1.63. The Balaban J connectivity index is 1.65. The molecule has 186 valence electrons. The summed E-state index contributed by atoms with van der Waals surface area (Å²) in [7, 11) is -2.45. The first kappa shape index (κ1) is 25.2. The normalized spacial score (nSPS) is 18.6. The second-order valence-corrected chi connectivity index (χ2v) is 11.5. The zero-order chi connectivity index (χ0) is 25.2. The van der Waals surface area contributed by atoms with Crippen LogP contribution in [-0.4, -0.2) is 63.0 Å². The van der Waals surface area contributed by atoms with Crippen LogP contribution in [0.4, 0.5) is 11.4 Å². The van der Waals surface area contributed by atoms with Gasteiger partial charge >= 0.3 is 5.97 Å². The van der Waals surface area contributed by atoms with Crippen LogP contribution in [0.1, 0.15) is 30.1 Å². The lowest BCUT2D eigenvalue weighted by Gasteiger charge is -2.25. The third-order valence-electron chi connectivity index (χ3n) is 6.01. The molecule has 0 saturated carbocycles. The van der Waals surface area contributed by atoms with Crippen molar-refractivity contribution < 1.29 is 27.5 Å². The van der Waals surface area contributed by atoms with Crippen LogP contribution in [0.5, 0.6) is 0 Å². The summed E-state index contributed by atoms with van der Waals surface area (Å²) in [6.45, 7) is 2.38. The summed E-state index contributed by atoms with van der Waals surface area (Å²) >= 11 is 1.45. The second kappa shape index (κ2) is 10.4. The minimum absolute atomic E-state index is 0.0996. The molecule has 2 aliphatic rings. The lowest BCUT2D eigenvalue weighted by atomic mass is 10.1. The molecule has 0 bridgehead atoms. The van der Waals surface area contributed by atoms with Gasteiger partial charge in [0.15, 0.2) is 0 Å². The zero-order valence-corrected chi connectivity index (χ0v) is 21.2. The molecule has 1 fully saturated rings. The Morgan fingerprint density at radius 2 is 1.86 bits per heavy atom. The van der Waals surface area contributed by atoms with Crippen molar-refractivity contribution in [1.82, 2.24) is 4.31 Å². The summed E-state index contributed by atoms with van der Waals surface area (Å²) in [5, 5.41) is 2.68. The van der Waals surface area contributed by atoms with E-state index in [1.807, 2.05) is 0 Å². The molecule has 1 atom stereocenters. The first-order valence-electron chi connectivity index (χ1n) is 11.3. The first-order chi connectivity index (χ1) is 16.7. The molecule has 35 heavy (non-hydrogen) atoms. The number of anilines is 2. The van der Waals surface area contributed by atoms with Crippen molar-refractivity contribution in [3.8, 4) is 0 Å². The Hall–Kier alpha value is -2.89. The molecule has 2 aromatic carbocycles. The molecule has 0 aromatic heterocycles. The fourth-order valence-electron chi connectivity index (χ4n) is 4.12. The topological polar surface area (TPSA) is 113 Å². The number of nitrogens with zero attached hydrogens (tertiary/aromatic N) is 2.